The summed E-state index contributed by atoms with van der Waals surface area (Å²) in [6, 6.07) is 13.7. The highest BCUT2D eigenvalue weighted by atomic mass is 35.5. The number of anilines is 1. The highest BCUT2D eigenvalue weighted by Crippen LogP contribution is 2.21. The Kier molecular flexibility index (Phi) is 8.26. The molecule has 3 amide bonds. The third-order valence-electron chi connectivity index (χ3n) is 5.02. The van der Waals surface area contributed by atoms with Gasteiger partial charge in [0, 0.05) is 20.6 Å². The van der Waals surface area contributed by atoms with Crippen molar-refractivity contribution in [1.82, 2.24) is 20.4 Å². The normalized spacial score (nSPS) is 10.5. The molecule has 0 aliphatic heterocycles. The van der Waals surface area contributed by atoms with Crippen molar-refractivity contribution in [3.05, 3.63) is 76.1 Å². The van der Waals surface area contributed by atoms with E-state index in [9.17, 15) is 14.4 Å². The van der Waals surface area contributed by atoms with Gasteiger partial charge in [0.1, 0.15) is 11.4 Å². The number of nitrogens with one attached hydrogen (secondary N) is 3. The Morgan fingerprint density at radius 1 is 1.06 bits per heavy atom. The predicted octanol–water partition coefficient (Wildman–Crippen LogP) is 2.94. The average molecular weight is 484 g/mol. The number of rotatable bonds is 9. The molecular formula is C24H26ClN5O4. The van der Waals surface area contributed by atoms with E-state index in [1.165, 1.54) is 11.7 Å². The first kappa shape index (κ1) is 24.8. The predicted molar refractivity (Wildman–Crippen MR) is 129 cm³/mol. The molecule has 3 aromatic rings. The van der Waals surface area contributed by atoms with Gasteiger partial charge in [-0.3, -0.25) is 19.1 Å². The van der Waals surface area contributed by atoms with E-state index < -0.39 is 5.91 Å². The molecule has 1 aromatic heterocycles. The van der Waals surface area contributed by atoms with E-state index in [0.717, 1.165) is 5.56 Å². The van der Waals surface area contributed by atoms with Crippen LogP contribution in [0.2, 0.25) is 5.02 Å². The molecule has 0 radical (unpaired) electrons. The van der Waals surface area contributed by atoms with Gasteiger partial charge >= 0.3 is 0 Å². The Morgan fingerprint density at radius 3 is 2.41 bits per heavy atom. The van der Waals surface area contributed by atoms with Crippen LogP contribution in [0.15, 0.2) is 48.5 Å². The topological polar surface area (TPSA) is 114 Å². The van der Waals surface area contributed by atoms with Gasteiger partial charge in [0.2, 0.25) is 0 Å². The molecule has 0 bridgehead atoms. The van der Waals surface area contributed by atoms with Crippen LogP contribution >= 0.6 is 11.6 Å². The fourth-order valence-electron chi connectivity index (χ4n) is 3.26. The second kappa shape index (κ2) is 11.3. The van der Waals surface area contributed by atoms with Crippen LogP contribution in [0.1, 0.15) is 39.0 Å². The van der Waals surface area contributed by atoms with Crippen molar-refractivity contribution in [1.29, 1.82) is 0 Å². The smallest absolute Gasteiger partial charge is 0.271 e. The van der Waals surface area contributed by atoms with Gasteiger partial charge in [0.05, 0.1) is 22.0 Å². The number of para-hydroxylation sites is 1. The zero-order valence-electron chi connectivity index (χ0n) is 19.1. The Morgan fingerprint density at radius 2 is 1.76 bits per heavy atom. The van der Waals surface area contributed by atoms with Gasteiger partial charge in [-0.15, -0.1) is 0 Å². The SMILES string of the molecule is CCc1nn(C)c(C(=O)NCc2ccc(OCC(=O)Nc3ccccc3C(=O)NC)cc2)c1Cl. The molecule has 3 rings (SSSR count). The number of benzene rings is 2. The lowest BCUT2D eigenvalue weighted by atomic mass is 10.1. The molecule has 0 unspecified atom stereocenters. The number of aromatic nitrogens is 2. The monoisotopic (exact) mass is 483 g/mol. The molecule has 34 heavy (non-hydrogen) atoms. The minimum Gasteiger partial charge on any atom is -0.484 e. The third-order valence-corrected chi connectivity index (χ3v) is 5.42. The molecule has 1 heterocycles. The fraction of sp³-hybridized carbons (Fsp3) is 0.250. The van der Waals surface area contributed by atoms with Gasteiger partial charge in [0.15, 0.2) is 6.61 Å². The molecule has 3 N–H and O–H groups in total. The van der Waals surface area contributed by atoms with E-state index in [1.54, 1.807) is 55.6 Å². The number of ether oxygens (including phenoxy) is 1. The summed E-state index contributed by atoms with van der Waals surface area (Å²) in [6.07, 6.45) is 0.639. The maximum absolute atomic E-state index is 12.5. The summed E-state index contributed by atoms with van der Waals surface area (Å²) >= 11 is 6.26. The van der Waals surface area contributed by atoms with E-state index in [-0.39, 0.29) is 18.4 Å². The van der Waals surface area contributed by atoms with Crippen molar-refractivity contribution in [2.75, 3.05) is 19.0 Å². The van der Waals surface area contributed by atoms with E-state index in [4.69, 9.17) is 16.3 Å². The Hall–Kier alpha value is -3.85. The molecule has 0 saturated heterocycles. The number of aryl methyl sites for hydroxylation is 2. The van der Waals surface area contributed by atoms with Crippen molar-refractivity contribution in [3.63, 3.8) is 0 Å². The minimum absolute atomic E-state index is 0.225. The zero-order valence-corrected chi connectivity index (χ0v) is 19.9. The number of nitrogens with zero attached hydrogens (tertiary/aromatic N) is 2. The van der Waals surface area contributed by atoms with Gasteiger partial charge in [-0.2, -0.15) is 5.10 Å². The summed E-state index contributed by atoms with van der Waals surface area (Å²) in [7, 11) is 3.20. The second-order valence-electron chi connectivity index (χ2n) is 7.37. The van der Waals surface area contributed by atoms with Crippen LogP contribution in [-0.2, 0) is 24.8 Å². The summed E-state index contributed by atoms with van der Waals surface area (Å²) in [4.78, 5) is 36.7. The number of carbonyl (C=O) groups excluding carboxylic acids is 3. The van der Waals surface area contributed by atoms with Crippen LogP contribution in [0.4, 0.5) is 5.69 Å². The molecule has 10 heteroatoms. The zero-order chi connectivity index (χ0) is 24.7. The molecular weight excluding hydrogens is 458 g/mol. The van der Waals surface area contributed by atoms with Crippen LogP contribution in [0.3, 0.4) is 0 Å². The number of carbonyl (C=O) groups is 3. The molecule has 2 aromatic carbocycles. The summed E-state index contributed by atoms with van der Waals surface area (Å²) in [5, 5.41) is 12.7. The standard InChI is InChI=1S/C24H26ClN5O4/c1-4-18-21(25)22(30(3)29-18)24(33)27-13-15-9-11-16(12-10-15)34-14-20(31)28-19-8-6-5-7-17(19)23(32)26-2/h5-12H,4,13-14H2,1-3H3,(H,26,32)(H,27,33)(H,28,31). The maximum atomic E-state index is 12.5. The summed E-state index contributed by atoms with van der Waals surface area (Å²) in [5.41, 5.74) is 2.61. The first-order chi connectivity index (χ1) is 16.3. The fourth-order valence-corrected chi connectivity index (χ4v) is 3.64. The molecule has 9 nitrogen and oxygen atoms in total. The highest BCUT2D eigenvalue weighted by Gasteiger charge is 2.19. The first-order valence-electron chi connectivity index (χ1n) is 10.7. The first-order valence-corrected chi connectivity index (χ1v) is 11.0. The van der Waals surface area contributed by atoms with E-state index in [2.05, 4.69) is 21.0 Å². The van der Waals surface area contributed by atoms with Crippen LogP contribution in [-0.4, -0.2) is 41.2 Å². The van der Waals surface area contributed by atoms with E-state index in [1.807, 2.05) is 6.92 Å². The quantitative estimate of drug-likeness (QED) is 0.433. The largest absolute Gasteiger partial charge is 0.484 e. The number of hydrogen-bond acceptors (Lipinski definition) is 5. The molecule has 0 fully saturated rings. The van der Waals surface area contributed by atoms with Crippen LogP contribution in [0.5, 0.6) is 5.75 Å². The molecule has 0 atom stereocenters. The van der Waals surface area contributed by atoms with Crippen molar-refractivity contribution in [3.8, 4) is 5.75 Å². The Labute approximate surface area is 202 Å². The summed E-state index contributed by atoms with van der Waals surface area (Å²) < 4.78 is 7.01. The van der Waals surface area contributed by atoms with Gasteiger partial charge in [-0.05, 0) is 36.2 Å². The lowest BCUT2D eigenvalue weighted by Crippen LogP contribution is -2.25. The lowest BCUT2D eigenvalue weighted by Gasteiger charge is -2.11. The van der Waals surface area contributed by atoms with Crippen molar-refractivity contribution < 1.29 is 19.1 Å². The summed E-state index contributed by atoms with van der Waals surface area (Å²) in [6.45, 7) is 1.99. The lowest BCUT2D eigenvalue weighted by molar-refractivity contribution is -0.118. The number of hydrogen-bond donors (Lipinski definition) is 3. The average Bonchev–Trinajstić information content (AvgIpc) is 3.14. The van der Waals surface area contributed by atoms with Crippen LogP contribution in [0.25, 0.3) is 0 Å². The Balaban J connectivity index is 1.52. The van der Waals surface area contributed by atoms with Crippen molar-refractivity contribution >= 4 is 35.0 Å². The third kappa shape index (κ3) is 5.93. The van der Waals surface area contributed by atoms with Crippen LogP contribution in [0, 0.1) is 0 Å². The molecule has 0 spiro atoms. The van der Waals surface area contributed by atoms with Gasteiger partial charge in [0.25, 0.3) is 17.7 Å². The van der Waals surface area contributed by atoms with Crippen molar-refractivity contribution in [2.45, 2.75) is 19.9 Å². The summed E-state index contributed by atoms with van der Waals surface area (Å²) in [5.74, 6) is -0.510. The molecule has 0 saturated carbocycles. The van der Waals surface area contributed by atoms with Crippen molar-refractivity contribution in [2.24, 2.45) is 7.05 Å². The van der Waals surface area contributed by atoms with E-state index >= 15 is 0 Å². The van der Waals surface area contributed by atoms with E-state index in [0.29, 0.717) is 46.4 Å². The van der Waals surface area contributed by atoms with Gasteiger partial charge in [-0.1, -0.05) is 42.8 Å². The van der Waals surface area contributed by atoms with Gasteiger partial charge < -0.3 is 20.7 Å². The molecule has 178 valence electrons. The second-order valence-corrected chi connectivity index (χ2v) is 7.75. The number of amides is 3. The van der Waals surface area contributed by atoms with Gasteiger partial charge in [-0.25, -0.2) is 0 Å². The minimum atomic E-state index is -0.396. The molecule has 0 aliphatic rings. The highest BCUT2D eigenvalue weighted by molar-refractivity contribution is 6.34. The number of halogens is 1. The van der Waals surface area contributed by atoms with Crippen LogP contribution < -0.4 is 20.7 Å². The maximum Gasteiger partial charge on any atom is 0.271 e. The Bertz CT molecular complexity index is 1190. The molecule has 0 aliphatic carbocycles.